The van der Waals surface area contributed by atoms with E-state index in [0.29, 0.717) is 18.1 Å². The number of hydrogen-bond donors (Lipinski definition) is 2. The number of alkyl halides is 5. The molecule has 0 saturated heterocycles. The highest BCUT2D eigenvalue weighted by molar-refractivity contribution is 14.0. The summed E-state index contributed by atoms with van der Waals surface area (Å²) in [5.74, 6) is 0.520. The molecule has 1 fully saturated rings. The van der Waals surface area contributed by atoms with E-state index >= 15 is 0 Å². The Morgan fingerprint density at radius 3 is 2.57 bits per heavy atom. The fraction of sp³-hybridized carbons (Fsp3) is 0.474. The lowest BCUT2D eigenvalue weighted by atomic mass is 9.64. The number of aromatic nitrogens is 2. The van der Waals surface area contributed by atoms with Crippen LogP contribution in [0, 0.1) is 0 Å². The Kier molecular flexibility index (Phi) is 8.06. The van der Waals surface area contributed by atoms with Gasteiger partial charge in [0, 0.05) is 31.4 Å². The third-order valence-corrected chi connectivity index (χ3v) is 5.30. The molecule has 1 heterocycles. The summed E-state index contributed by atoms with van der Waals surface area (Å²) in [6, 6.07) is 5.41. The van der Waals surface area contributed by atoms with E-state index < -0.39 is 23.7 Å². The third kappa shape index (κ3) is 5.41. The lowest BCUT2D eigenvalue weighted by molar-refractivity contribution is -0.137. The van der Waals surface area contributed by atoms with Gasteiger partial charge < -0.3 is 10.6 Å². The number of nitrogens with zero attached hydrogens (tertiary/aromatic N) is 3. The number of nitrogens with one attached hydrogen (secondary N) is 2. The van der Waals surface area contributed by atoms with Gasteiger partial charge in [0.05, 0.1) is 12.1 Å². The molecule has 1 aliphatic rings. The van der Waals surface area contributed by atoms with Crippen molar-refractivity contribution in [2.24, 2.45) is 4.99 Å². The van der Waals surface area contributed by atoms with Crippen LogP contribution in [0.3, 0.4) is 0 Å². The number of rotatable bonds is 6. The van der Waals surface area contributed by atoms with Crippen LogP contribution in [0.15, 0.2) is 41.7 Å². The molecule has 166 valence electrons. The zero-order chi connectivity index (χ0) is 21.1. The van der Waals surface area contributed by atoms with Gasteiger partial charge >= 0.3 is 12.7 Å². The lowest BCUT2D eigenvalue weighted by Gasteiger charge is -2.43. The van der Waals surface area contributed by atoms with Gasteiger partial charge in [0.25, 0.3) is 0 Å². The number of guanidine groups is 1. The standard InChI is InChI=1S/C19H22F5N5.HI/c1-25-17(27-11-15-26-8-9-29(15)16(20)21)28-12-18(6-3-7-18)13-4-2-5-14(10-13)19(22,23)24;/h2,4-5,8-10,16H,3,6-7,11-12H2,1H3,(H2,25,27,28);1H. The molecular formula is C19H23F5IN5. The predicted molar refractivity (Wildman–Crippen MR) is 114 cm³/mol. The van der Waals surface area contributed by atoms with E-state index in [-0.39, 0.29) is 36.3 Å². The van der Waals surface area contributed by atoms with Crippen molar-refractivity contribution in [3.63, 3.8) is 0 Å². The van der Waals surface area contributed by atoms with Crippen molar-refractivity contribution >= 4 is 29.9 Å². The van der Waals surface area contributed by atoms with Crippen molar-refractivity contribution in [2.75, 3.05) is 13.6 Å². The number of hydrogen-bond acceptors (Lipinski definition) is 2. The molecule has 0 radical (unpaired) electrons. The third-order valence-electron chi connectivity index (χ3n) is 5.30. The summed E-state index contributed by atoms with van der Waals surface area (Å²) in [5, 5.41) is 6.03. The summed E-state index contributed by atoms with van der Waals surface area (Å²) >= 11 is 0. The highest BCUT2D eigenvalue weighted by Crippen LogP contribution is 2.44. The second-order valence-corrected chi connectivity index (χ2v) is 7.02. The van der Waals surface area contributed by atoms with Crippen LogP contribution < -0.4 is 10.6 Å². The van der Waals surface area contributed by atoms with Gasteiger partial charge in [0.2, 0.25) is 0 Å². The van der Waals surface area contributed by atoms with Crippen LogP contribution >= 0.6 is 24.0 Å². The van der Waals surface area contributed by atoms with Gasteiger partial charge in [0.1, 0.15) is 5.82 Å². The van der Waals surface area contributed by atoms with Crippen LogP contribution in [-0.4, -0.2) is 29.1 Å². The van der Waals surface area contributed by atoms with E-state index in [9.17, 15) is 22.0 Å². The minimum absolute atomic E-state index is 0. The van der Waals surface area contributed by atoms with Crippen LogP contribution in [-0.2, 0) is 18.1 Å². The highest BCUT2D eigenvalue weighted by Gasteiger charge is 2.40. The Hall–Kier alpha value is -1.92. The summed E-state index contributed by atoms with van der Waals surface area (Å²) in [7, 11) is 1.53. The molecule has 0 aliphatic heterocycles. The van der Waals surface area contributed by atoms with Gasteiger partial charge in [-0.2, -0.15) is 22.0 Å². The molecule has 0 amide bonds. The Morgan fingerprint density at radius 2 is 2.00 bits per heavy atom. The highest BCUT2D eigenvalue weighted by atomic mass is 127. The maximum Gasteiger partial charge on any atom is 0.416 e. The van der Waals surface area contributed by atoms with Gasteiger partial charge in [-0.15, -0.1) is 24.0 Å². The summed E-state index contributed by atoms with van der Waals surface area (Å²) < 4.78 is 65.7. The van der Waals surface area contributed by atoms with Crippen molar-refractivity contribution in [2.45, 2.75) is 43.9 Å². The van der Waals surface area contributed by atoms with Crippen molar-refractivity contribution in [3.05, 3.63) is 53.6 Å². The first-order valence-electron chi connectivity index (χ1n) is 9.17. The summed E-state index contributed by atoms with van der Waals surface area (Å²) in [4.78, 5) is 7.96. The van der Waals surface area contributed by atoms with Crippen molar-refractivity contribution in [3.8, 4) is 0 Å². The van der Waals surface area contributed by atoms with Crippen LogP contribution in [0.5, 0.6) is 0 Å². The molecule has 1 saturated carbocycles. The molecule has 2 aromatic rings. The molecule has 2 N–H and O–H groups in total. The van der Waals surface area contributed by atoms with E-state index in [4.69, 9.17) is 0 Å². The largest absolute Gasteiger partial charge is 0.416 e. The zero-order valence-corrected chi connectivity index (χ0v) is 18.5. The fourth-order valence-electron chi connectivity index (χ4n) is 3.49. The van der Waals surface area contributed by atoms with E-state index in [1.165, 1.54) is 31.6 Å². The molecule has 1 aliphatic carbocycles. The van der Waals surface area contributed by atoms with Crippen LogP contribution in [0.1, 0.15) is 42.8 Å². The molecular weight excluding hydrogens is 520 g/mol. The average Bonchev–Trinajstić information content (AvgIpc) is 3.12. The first-order chi connectivity index (χ1) is 13.7. The number of halogens is 6. The smallest absolute Gasteiger partial charge is 0.356 e. The van der Waals surface area contributed by atoms with Crippen LogP contribution in [0.2, 0.25) is 0 Å². The maximum atomic E-state index is 13.1. The second kappa shape index (κ2) is 9.92. The molecule has 0 atom stereocenters. The van der Waals surface area contributed by atoms with Crippen molar-refractivity contribution in [1.82, 2.24) is 20.2 Å². The SMILES string of the molecule is CN=C(NCc1nccn1C(F)F)NCC1(c2cccc(C(F)(F)F)c2)CCC1.I. The summed E-state index contributed by atoms with van der Waals surface area (Å²) in [5.41, 5.74) is -0.447. The number of benzene rings is 1. The quantitative estimate of drug-likeness (QED) is 0.241. The van der Waals surface area contributed by atoms with Gasteiger partial charge in [0.15, 0.2) is 5.96 Å². The van der Waals surface area contributed by atoms with Crippen LogP contribution in [0.4, 0.5) is 22.0 Å². The lowest BCUT2D eigenvalue weighted by Crippen LogP contribution is -2.49. The molecule has 0 unspecified atom stereocenters. The van der Waals surface area contributed by atoms with Gasteiger partial charge in [-0.05, 0) is 24.5 Å². The van der Waals surface area contributed by atoms with Gasteiger partial charge in [-0.3, -0.25) is 9.56 Å². The van der Waals surface area contributed by atoms with Gasteiger partial charge in [-0.1, -0.05) is 24.6 Å². The molecule has 30 heavy (non-hydrogen) atoms. The molecule has 1 aromatic heterocycles. The first kappa shape index (κ1) is 24.4. The number of aliphatic imine (C=N–C) groups is 1. The van der Waals surface area contributed by atoms with E-state index in [0.717, 1.165) is 29.9 Å². The summed E-state index contributed by atoms with van der Waals surface area (Å²) in [6.07, 6.45) is 0.530. The maximum absolute atomic E-state index is 13.1. The van der Waals surface area contributed by atoms with Crippen molar-refractivity contribution < 1.29 is 22.0 Å². The van der Waals surface area contributed by atoms with Gasteiger partial charge in [-0.25, -0.2) is 4.98 Å². The van der Waals surface area contributed by atoms with E-state index in [1.807, 2.05) is 0 Å². The van der Waals surface area contributed by atoms with Crippen LogP contribution in [0.25, 0.3) is 0 Å². The molecule has 5 nitrogen and oxygen atoms in total. The predicted octanol–water partition coefficient (Wildman–Crippen LogP) is 4.70. The van der Waals surface area contributed by atoms with Crippen molar-refractivity contribution in [1.29, 1.82) is 0 Å². The average molecular weight is 543 g/mol. The Labute approximate surface area is 188 Å². The molecule has 0 spiro atoms. The number of imidazole rings is 1. The van der Waals surface area contributed by atoms with E-state index in [2.05, 4.69) is 20.6 Å². The Morgan fingerprint density at radius 1 is 1.27 bits per heavy atom. The topological polar surface area (TPSA) is 54.2 Å². The molecule has 11 heteroatoms. The van der Waals surface area contributed by atoms with E-state index in [1.54, 1.807) is 6.07 Å². The molecule has 0 bridgehead atoms. The fourth-order valence-corrected chi connectivity index (χ4v) is 3.49. The molecule has 1 aromatic carbocycles. The monoisotopic (exact) mass is 543 g/mol. The normalized spacial score (nSPS) is 16.0. The molecule has 3 rings (SSSR count). The second-order valence-electron chi connectivity index (χ2n) is 7.02. The minimum atomic E-state index is -4.39. The first-order valence-corrected chi connectivity index (χ1v) is 9.17. The zero-order valence-electron chi connectivity index (χ0n) is 16.2. The minimum Gasteiger partial charge on any atom is -0.356 e. The summed E-state index contributed by atoms with van der Waals surface area (Å²) in [6.45, 7) is -2.27. The Bertz CT molecular complexity index is 861. The Balaban J connectivity index is 0.00000320.